The Morgan fingerprint density at radius 2 is 2.23 bits per heavy atom. The van der Waals surface area contributed by atoms with Crippen molar-refractivity contribution in [3.8, 4) is 0 Å². The summed E-state index contributed by atoms with van der Waals surface area (Å²) in [6, 6.07) is 0. The van der Waals surface area contributed by atoms with E-state index in [-0.39, 0.29) is 12.2 Å². The zero-order chi connectivity index (χ0) is 10.1. The Labute approximate surface area is 76.0 Å². The van der Waals surface area contributed by atoms with Crippen LogP contribution < -0.4 is 5.73 Å². The number of aliphatic hydroxyl groups is 1. The standard InChI is InChI=1S/C6H7F3N2OS/c7-6(8,9)5-11-3(2-13-5)4(12)1-10/h2,4,12H,1,10H2/t4-/m0/s1. The summed E-state index contributed by atoms with van der Waals surface area (Å²) in [6.07, 6.45) is -5.57. The minimum absolute atomic E-state index is 0.0279. The van der Waals surface area contributed by atoms with Crippen molar-refractivity contribution in [1.82, 2.24) is 4.98 Å². The monoisotopic (exact) mass is 212 g/mol. The number of nitrogens with zero attached hydrogens (tertiary/aromatic N) is 1. The number of rotatable bonds is 2. The second-order valence-corrected chi connectivity index (χ2v) is 3.18. The number of aromatic nitrogens is 1. The molecule has 0 radical (unpaired) electrons. The molecule has 1 atom stereocenters. The molecule has 0 amide bonds. The molecule has 0 bridgehead atoms. The molecule has 0 aliphatic heterocycles. The van der Waals surface area contributed by atoms with Gasteiger partial charge in [0.2, 0.25) is 0 Å². The van der Waals surface area contributed by atoms with Crippen molar-refractivity contribution in [3.63, 3.8) is 0 Å². The topological polar surface area (TPSA) is 59.1 Å². The molecule has 0 spiro atoms. The number of hydrogen-bond donors (Lipinski definition) is 2. The third kappa shape index (κ3) is 2.39. The third-order valence-electron chi connectivity index (χ3n) is 1.33. The average molecular weight is 212 g/mol. The quantitative estimate of drug-likeness (QED) is 0.773. The van der Waals surface area contributed by atoms with Gasteiger partial charge in [-0.25, -0.2) is 4.98 Å². The summed E-state index contributed by atoms with van der Waals surface area (Å²) in [7, 11) is 0. The Balaban J connectivity index is 2.87. The fraction of sp³-hybridized carbons (Fsp3) is 0.500. The lowest BCUT2D eigenvalue weighted by atomic mass is 10.3. The van der Waals surface area contributed by atoms with Crippen molar-refractivity contribution in [1.29, 1.82) is 0 Å². The molecular formula is C6H7F3N2OS. The Bertz CT molecular complexity index is 286. The highest BCUT2D eigenvalue weighted by atomic mass is 32.1. The number of aliphatic hydroxyl groups excluding tert-OH is 1. The molecule has 3 N–H and O–H groups in total. The Hall–Kier alpha value is -0.660. The van der Waals surface area contributed by atoms with Crippen molar-refractivity contribution >= 4 is 11.3 Å². The number of alkyl halides is 3. The molecule has 0 fully saturated rings. The molecule has 1 rings (SSSR count). The molecule has 0 saturated heterocycles. The fourth-order valence-electron chi connectivity index (χ4n) is 0.690. The summed E-state index contributed by atoms with van der Waals surface area (Å²) in [5.41, 5.74) is 5.03. The van der Waals surface area contributed by atoms with Gasteiger partial charge in [-0.1, -0.05) is 0 Å². The molecule has 1 aromatic heterocycles. The van der Waals surface area contributed by atoms with Crippen LogP contribution >= 0.6 is 11.3 Å². The van der Waals surface area contributed by atoms with Gasteiger partial charge in [-0.15, -0.1) is 11.3 Å². The summed E-state index contributed by atoms with van der Waals surface area (Å²) in [5.74, 6) is 0. The van der Waals surface area contributed by atoms with Crippen LogP contribution in [0, 0.1) is 0 Å². The molecule has 74 valence electrons. The first-order chi connectivity index (χ1) is 5.95. The molecule has 0 aliphatic carbocycles. The molecule has 0 unspecified atom stereocenters. The second kappa shape index (κ2) is 3.60. The largest absolute Gasteiger partial charge is 0.443 e. The third-order valence-corrected chi connectivity index (χ3v) is 2.23. The van der Waals surface area contributed by atoms with Crippen LogP contribution in [0.25, 0.3) is 0 Å². The smallest absolute Gasteiger partial charge is 0.385 e. The van der Waals surface area contributed by atoms with E-state index >= 15 is 0 Å². The SMILES string of the molecule is NC[C@H](O)c1csc(C(F)(F)F)n1. The van der Waals surface area contributed by atoms with E-state index in [0.717, 1.165) is 5.38 Å². The van der Waals surface area contributed by atoms with Crippen molar-refractivity contribution in [2.24, 2.45) is 5.73 Å². The van der Waals surface area contributed by atoms with E-state index < -0.39 is 17.3 Å². The van der Waals surface area contributed by atoms with Gasteiger partial charge in [0.05, 0.1) is 5.69 Å². The summed E-state index contributed by atoms with van der Waals surface area (Å²) in [5, 5.41) is 9.25. The molecule has 0 aromatic carbocycles. The van der Waals surface area contributed by atoms with Crippen LogP contribution in [0.3, 0.4) is 0 Å². The average Bonchev–Trinajstić information content (AvgIpc) is 2.50. The summed E-state index contributed by atoms with van der Waals surface area (Å²) in [4.78, 5) is 3.22. The van der Waals surface area contributed by atoms with Crippen molar-refractivity contribution in [3.05, 3.63) is 16.1 Å². The van der Waals surface area contributed by atoms with E-state index in [0.29, 0.717) is 11.3 Å². The van der Waals surface area contributed by atoms with E-state index in [4.69, 9.17) is 10.8 Å². The summed E-state index contributed by atoms with van der Waals surface area (Å²) in [6.45, 7) is -0.138. The zero-order valence-electron chi connectivity index (χ0n) is 6.38. The van der Waals surface area contributed by atoms with Gasteiger partial charge in [-0.05, 0) is 0 Å². The van der Waals surface area contributed by atoms with Gasteiger partial charge >= 0.3 is 6.18 Å². The first-order valence-electron chi connectivity index (χ1n) is 3.36. The van der Waals surface area contributed by atoms with E-state index in [1.165, 1.54) is 0 Å². The minimum atomic E-state index is -4.45. The Morgan fingerprint density at radius 3 is 2.62 bits per heavy atom. The van der Waals surface area contributed by atoms with Crippen molar-refractivity contribution in [2.45, 2.75) is 12.3 Å². The van der Waals surface area contributed by atoms with Gasteiger partial charge < -0.3 is 10.8 Å². The van der Waals surface area contributed by atoms with Crippen molar-refractivity contribution in [2.75, 3.05) is 6.54 Å². The van der Waals surface area contributed by atoms with Crippen LogP contribution in [0.5, 0.6) is 0 Å². The zero-order valence-corrected chi connectivity index (χ0v) is 7.19. The van der Waals surface area contributed by atoms with Gasteiger partial charge in [0.15, 0.2) is 5.01 Å². The number of hydrogen-bond acceptors (Lipinski definition) is 4. The van der Waals surface area contributed by atoms with E-state index in [1.807, 2.05) is 0 Å². The van der Waals surface area contributed by atoms with Crippen LogP contribution in [0.2, 0.25) is 0 Å². The predicted molar refractivity (Wildman–Crippen MR) is 41.1 cm³/mol. The van der Waals surface area contributed by atoms with Crippen LogP contribution in [0.15, 0.2) is 5.38 Å². The molecule has 13 heavy (non-hydrogen) atoms. The lowest BCUT2D eigenvalue weighted by Gasteiger charge is -2.03. The van der Waals surface area contributed by atoms with Gasteiger partial charge in [0.25, 0.3) is 0 Å². The minimum Gasteiger partial charge on any atom is -0.385 e. The number of halogens is 3. The lowest BCUT2D eigenvalue weighted by Crippen LogP contribution is -2.12. The molecule has 0 saturated carbocycles. The summed E-state index contributed by atoms with van der Waals surface area (Å²) >= 11 is 0.449. The first-order valence-corrected chi connectivity index (χ1v) is 4.24. The van der Waals surface area contributed by atoms with Crippen LogP contribution in [-0.2, 0) is 6.18 Å². The molecule has 7 heteroatoms. The highest BCUT2D eigenvalue weighted by Crippen LogP contribution is 2.32. The maximum atomic E-state index is 12.0. The van der Waals surface area contributed by atoms with Gasteiger partial charge in [0, 0.05) is 11.9 Å². The van der Waals surface area contributed by atoms with Crippen LogP contribution in [0.4, 0.5) is 13.2 Å². The van der Waals surface area contributed by atoms with Crippen molar-refractivity contribution < 1.29 is 18.3 Å². The normalized spacial score (nSPS) is 14.5. The Morgan fingerprint density at radius 1 is 1.62 bits per heavy atom. The van der Waals surface area contributed by atoms with Gasteiger partial charge in [-0.2, -0.15) is 13.2 Å². The molecule has 0 aliphatic rings. The Kier molecular flexibility index (Phi) is 2.89. The highest BCUT2D eigenvalue weighted by Gasteiger charge is 2.34. The fourth-order valence-corrected chi connectivity index (χ4v) is 1.42. The van der Waals surface area contributed by atoms with Crippen LogP contribution in [-0.4, -0.2) is 16.6 Å². The van der Waals surface area contributed by atoms with Gasteiger partial charge in [0.1, 0.15) is 6.10 Å². The second-order valence-electron chi connectivity index (χ2n) is 2.33. The summed E-state index contributed by atoms with van der Waals surface area (Å²) < 4.78 is 36.0. The molecule has 3 nitrogen and oxygen atoms in total. The maximum absolute atomic E-state index is 12.0. The lowest BCUT2D eigenvalue weighted by molar-refractivity contribution is -0.137. The first kappa shape index (κ1) is 10.4. The maximum Gasteiger partial charge on any atom is 0.443 e. The highest BCUT2D eigenvalue weighted by molar-refractivity contribution is 7.09. The number of thiazole rings is 1. The predicted octanol–water partition coefficient (Wildman–Crippen LogP) is 1.15. The van der Waals surface area contributed by atoms with Crippen LogP contribution in [0.1, 0.15) is 16.8 Å². The molecule has 1 heterocycles. The molecular weight excluding hydrogens is 205 g/mol. The van der Waals surface area contributed by atoms with E-state index in [2.05, 4.69) is 4.98 Å². The van der Waals surface area contributed by atoms with Gasteiger partial charge in [-0.3, -0.25) is 0 Å². The van der Waals surface area contributed by atoms with E-state index in [1.54, 1.807) is 0 Å². The van der Waals surface area contributed by atoms with E-state index in [9.17, 15) is 13.2 Å². The number of nitrogens with two attached hydrogens (primary N) is 1. The molecule has 1 aromatic rings.